The number of carbonyl (C=O) groups is 1. The van der Waals surface area contributed by atoms with Crippen LogP contribution >= 0.6 is 0 Å². The molecule has 0 spiro atoms. The Hall–Kier alpha value is -1.29. The van der Waals surface area contributed by atoms with Crippen LogP contribution in [0.1, 0.15) is 25.0 Å². The van der Waals surface area contributed by atoms with E-state index in [0.29, 0.717) is 12.8 Å². The van der Waals surface area contributed by atoms with E-state index in [2.05, 4.69) is 5.32 Å². The summed E-state index contributed by atoms with van der Waals surface area (Å²) in [6, 6.07) is 3.61. The number of piperidine rings is 1. The van der Waals surface area contributed by atoms with Crippen LogP contribution in [-0.2, 0) is 11.2 Å². The molecule has 1 aliphatic heterocycles. The van der Waals surface area contributed by atoms with Crippen molar-refractivity contribution >= 4 is 5.97 Å². The van der Waals surface area contributed by atoms with Crippen LogP contribution in [0.4, 0.5) is 0 Å². The zero-order valence-electron chi connectivity index (χ0n) is 8.53. The quantitative estimate of drug-likeness (QED) is 0.790. The lowest BCUT2D eigenvalue weighted by Gasteiger charge is -2.33. The Balaban J connectivity index is 2.15. The van der Waals surface area contributed by atoms with Gasteiger partial charge in [-0.25, -0.2) is 0 Å². The van der Waals surface area contributed by atoms with Gasteiger partial charge in [0.2, 0.25) is 0 Å². The fraction of sp³-hybridized carbons (Fsp3) is 0.545. The first kappa shape index (κ1) is 10.2. The molecule has 1 aromatic rings. The fourth-order valence-electron chi connectivity index (χ4n) is 2.09. The molecule has 0 saturated carbocycles. The summed E-state index contributed by atoms with van der Waals surface area (Å²) in [4.78, 5) is 11.3. The van der Waals surface area contributed by atoms with E-state index in [4.69, 9.17) is 4.42 Å². The minimum atomic E-state index is -0.823. The number of hydrogen-bond acceptors (Lipinski definition) is 3. The molecule has 0 amide bonds. The molecule has 0 aromatic carbocycles. The third kappa shape index (κ3) is 2.04. The summed E-state index contributed by atoms with van der Waals surface area (Å²) >= 11 is 0. The third-order valence-electron chi connectivity index (χ3n) is 2.96. The standard InChI is InChI=1S/C11H15NO3/c13-10(14)11(5-1-2-6-12-11)8-9-4-3-7-15-9/h3-4,7,12H,1-2,5-6,8H2,(H,13,14). The summed E-state index contributed by atoms with van der Waals surface area (Å²) in [5.41, 5.74) is -0.823. The molecule has 82 valence electrons. The van der Waals surface area contributed by atoms with Crippen LogP contribution in [0.25, 0.3) is 0 Å². The van der Waals surface area contributed by atoms with Gasteiger partial charge in [0.15, 0.2) is 0 Å². The van der Waals surface area contributed by atoms with Gasteiger partial charge in [-0.15, -0.1) is 0 Å². The van der Waals surface area contributed by atoms with Crippen LogP contribution in [0, 0.1) is 0 Å². The minimum absolute atomic E-state index is 0.426. The highest BCUT2D eigenvalue weighted by atomic mass is 16.4. The van der Waals surface area contributed by atoms with E-state index in [-0.39, 0.29) is 0 Å². The predicted molar refractivity (Wildman–Crippen MR) is 54.6 cm³/mol. The van der Waals surface area contributed by atoms with Crippen LogP contribution in [0.3, 0.4) is 0 Å². The highest BCUT2D eigenvalue weighted by Gasteiger charge is 2.40. The van der Waals surface area contributed by atoms with E-state index < -0.39 is 11.5 Å². The van der Waals surface area contributed by atoms with Crippen molar-refractivity contribution < 1.29 is 14.3 Å². The van der Waals surface area contributed by atoms with Crippen molar-refractivity contribution in [2.24, 2.45) is 0 Å². The van der Waals surface area contributed by atoms with Gasteiger partial charge in [0.05, 0.1) is 6.26 Å². The Bertz CT molecular complexity index is 326. The first-order valence-electron chi connectivity index (χ1n) is 5.24. The Morgan fingerprint density at radius 2 is 2.47 bits per heavy atom. The molecule has 0 radical (unpaired) electrons. The third-order valence-corrected chi connectivity index (χ3v) is 2.96. The van der Waals surface area contributed by atoms with Gasteiger partial charge in [-0.1, -0.05) is 0 Å². The normalized spacial score (nSPS) is 26.4. The van der Waals surface area contributed by atoms with Crippen LogP contribution in [0.2, 0.25) is 0 Å². The molecule has 1 aliphatic rings. The molecule has 0 aliphatic carbocycles. The van der Waals surface area contributed by atoms with Gasteiger partial charge < -0.3 is 14.8 Å². The molecule has 4 heteroatoms. The smallest absolute Gasteiger partial charge is 0.324 e. The molecule has 1 aromatic heterocycles. The highest BCUT2D eigenvalue weighted by Crippen LogP contribution is 2.24. The maximum atomic E-state index is 11.3. The molecule has 1 fully saturated rings. The Morgan fingerprint density at radius 1 is 1.60 bits per heavy atom. The van der Waals surface area contributed by atoms with Crippen molar-refractivity contribution in [2.75, 3.05) is 6.54 Å². The van der Waals surface area contributed by atoms with Crippen molar-refractivity contribution in [1.29, 1.82) is 0 Å². The van der Waals surface area contributed by atoms with E-state index in [1.807, 2.05) is 6.07 Å². The first-order valence-corrected chi connectivity index (χ1v) is 5.24. The molecular weight excluding hydrogens is 194 g/mol. The summed E-state index contributed by atoms with van der Waals surface area (Å²) < 4.78 is 5.21. The Kier molecular flexibility index (Phi) is 2.77. The number of nitrogens with one attached hydrogen (secondary N) is 1. The van der Waals surface area contributed by atoms with Crippen LogP contribution in [0.5, 0.6) is 0 Å². The average molecular weight is 209 g/mol. The molecule has 4 nitrogen and oxygen atoms in total. The predicted octanol–water partition coefficient (Wildman–Crippen LogP) is 1.42. The zero-order chi connectivity index (χ0) is 10.7. The van der Waals surface area contributed by atoms with Crippen molar-refractivity contribution in [3.05, 3.63) is 24.2 Å². The van der Waals surface area contributed by atoms with E-state index >= 15 is 0 Å². The first-order chi connectivity index (χ1) is 7.23. The number of furan rings is 1. The van der Waals surface area contributed by atoms with E-state index in [1.54, 1.807) is 12.3 Å². The lowest BCUT2D eigenvalue weighted by molar-refractivity contribution is -0.146. The average Bonchev–Trinajstić information content (AvgIpc) is 2.71. The maximum absolute atomic E-state index is 11.3. The summed E-state index contributed by atoms with van der Waals surface area (Å²) in [6.07, 6.45) is 4.68. The SMILES string of the molecule is O=C(O)C1(Cc2ccco2)CCCCN1. The molecule has 2 rings (SSSR count). The summed E-state index contributed by atoms with van der Waals surface area (Å²) in [5, 5.41) is 12.4. The van der Waals surface area contributed by atoms with E-state index in [1.165, 1.54) is 0 Å². The van der Waals surface area contributed by atoms with Crippen molar-refractivity contribution in [3.8, 4) is 0 Å². The monoisotopic (exact) mass is 209 g/mol. The second kappa shape index (κ2) is 4.06. The Morgan fingerprint density at radius 3 is 3.00 bits per heavy atom. The lowest BCUT2D eigenvalue weighted by Crippen LogP contribution is -2.56. The molecule has 1 saturated heterocycles. The molecular formula is C11H15NO3. The lowest BCUT2D eigenvalue weighted by atomic mass is 9.85. The van der Waals surface area contributed by atoms with Gasteiger partial charge in [0, 0.05) is 6.42 Å². The second-order valence-electron chi connectivity index (χ2n) is 4.03. The maximum Gasteiger partial charge on any atom is 0.324 e. The van der Waals surface area contributed by atoms with Gasteiger partial charge >= 0.3 is 5.97 Å². The number of hydrogen-bond donors (Lipinski definition) is 2. The summed E-state index contributed by atoms with van der Waals surface area (Å²) in [5.74, 6) is -0.0506. The van der Waals surface area contributed by atoms with Gasteiger partial charge in [-0.2, -0.15) is 0 Å². The number of carboxylic acid groups (broad SMARTS) is 1. The summed E-state index contributed by atoms with van der Waals surface area (Å²) in [7, 11) is 0. The molecule has 1 atom stereocenters. The van der Waals surface area contributed by atoms with Crippen molar-refractivity contribution in [1.82, 2.24) is 5.32 Å². The van der Waals surface area contributed by atoms with Crippen LogP contribution < -0.4 is 5.32 Å². The molecule has 2 heterocycles. The van der Waals surface area contributed by atoms with Crippen LogP contribution in [0.15, 0.2) is 22.8 Å². The summed E-state index contributed by atoms with van der Waals surface area (Å²) in [6.45, 7) is 0.771. The zero-order valence-corrected chi connectivity index (χ0v) is 8.53. The van der Waals surface area contributed by atoms with E-state index in [0.717, 1.165) is 25.1 Å². The van der Waals surface area contributed by atoms with Crippen molar-refractivity contribution in [3.63, 3.8) is 0 Å². The Labute approximate surface area is 88.3 Å². The molecule has 15 heavy (non-hydrogen) atoms. The highest BCUT2D eigenvalue weighted by molar-refractivity contribution is 5.79. The van der Waals surface area contributed by atoms with Crippen LogP contribution in [-0.4, -0.2) is 23.2 Å². The van der Waals surface area contributed by atoms with Gasteiger partial charge in [-0.3, -0.25) is 4.79 Å². The van der Waals surface area contributed by atoms with Gasteiger partial charge in [0.1, 0.15) is 11.3 Å². The van der Waals surface area contributed by atoms with Crippen molar-refractivity contribution in [2.45, 2.75) is 31.2 Å². The molecule has 0 bridgehead atoms. The van der Waals surface area contributed by atoms with E-state index in [9.17, 15) is 9.90 Å². The second-order valence-corrected chi connectivity index (χ2v) is 4.03. The topological polar surface area (TPSA) is 62.5 Å². The molecule has 1 unspecified atom stereocenters. The number of rotatable bonds is 3. The van der Waals surface area contributed by atoms with Gasteiger partial charge in [0.25, 0.3) is 0 Å². The number of aliphatic carboxylic acids is 1. The fourth-order valence-corrected chi connectivity index (χ4v) is 2.09. The number of carboxylic acids is 1. The van der Waals surface area contributed by atoms with Gasteiger partial charge in [-0.05, 0) is 37.9 Å². The minimum Gasteiger partial charge on any atom is -0.480 e. The molecule has 2 N–H and O–H groups in total. The largest absolute Gasteiger partial charge is 0.480 e.